The van der Waals surface area contributed by atoms with E-state index in [0.717, 1.165) is 18.6 Å². The largest absolute Gasteiger partial charge is 0.491 e. The summed E-state index contributed by atoms with van der Waals surface area (Å²) in [6.45, 7) is 13.2. The molecular formula is C19H28O5. The average molecular weight is 336 g/mol. The molecule has 24 heavy (non-hydrogen) atoms. The van der Waals surface area contributed by atoms with Crippen LogP contribution in [0.3, 0.4) is 0 Å². The molecule has 3 rings (SSSR count). The zero-order valence-corrected chi connectivity index (χ0v) is 15.3. The highest BCUT2D eigenvalue weighted by Crippen LogP contribution is 2.58. The van der Waals surface area contributed by atoms with Crippen LogP contribution >= 0.6 is 0 Å². The Balaban J connectivity index is 1.53. The van der Waals surface area contributed by atoms with Crippen LogP contribution in [0.15, 0.2) is 12.3 Å². The van der Waals surface area contributed by atoms with Gasteiger partial charge in [-0.1, -0.05) is 27.4 Å². The molecule has 134 valence electrons. The van der Waals surface area contributed by atoms with Gasteiger partial charge >= 0.3 is 11.9 Å². The van der Waals surface area contributed by atoms with E-state index < -0.39 is 11.4 Å². The van der Waals surface area contributed by atoms with E-state index in [4.69, 9.17) is 14.2 Å². The van der Waals surface area contributed by atoms with E-state index in [-0.39, 0.29) is 30.2 Å². The minimum atomic E-state index is -0.681. The fourth-order valence-electron chi connectivity index (χ4n) is 4.00. The highest BCUT2D eigenvalue weighted by molar-refractivity contribution is 5.80. The Morgan fingerprint density at radius 3 is 2.50 bits per heavy atom. The van der Waals surface area contributed by atoms with Gasteiger partial charge in [-0.25, -0.2) is 4.79 Å². The highest BCUT2D eigenvalue weighted by Gasteiger charge is 2.61. The first kappa shape index (κ1) is 17.3. The van der Waals surface area contributed by atoms with Crippen molar-refractivity contribution in [3.63, 3.8) is 0 Å². The summed E-state index contributed by atoms with van der Waals surface area (Å²) in [5.41, 5.74) is -0.940. The summed E-state index contributed by atoms with van der Waals surface area (Å²) in [6.07, 6.45) is 1.72. The average Bonchev–Trinajstić information content (AvgIpc) is 3.08. The van der Waals surface area contributed by atoms with E-state index in [1.807, 2.05) is 34.6 Å². The van der Waals surface area contributed by atoms with Gasteiger partial charge in [-0.2, -0.15) is 0 Å². The van der Waals surface area contributed by atoms with Gasteiger partial charge in [-0.15, -0.1) is 0 Å². The van der Waals surface area contributed by atoms with E-state index in [0.29, 0.717) is 17.8 Å². The zero-order chi connectivity index (χ0) is 17.9. The Kier molecular flexibility index (Phi) is 3.97. The van der Waals surface area contributed by atoms with Crippen molar-refractivity contribution in [1.29, 1.82) is 0 Å². The van der Waals surface area contributed by atoms with Gasteiger partial charge in [-0.3, -0.25) is 4.79 Å². The molecule has 3 fully saturated rings. The number of allylic oxidation sites excluding steroid dienone is 1. The van der Waals surface area contributed by atoms with E-state index in [2.05, 4.69) is 6.58 Å². The molecule has 1 aliphatic heterocycles. The minimum absolute atomic E-state index is 0.0630. The molecule has 2 bridgehead atoms. The predicted octanol–water partition coefficient (Wildman–Crippen LogP) is 3.08. The molecule has 5 nitrogen and oxygen atoms in total. The summed E-state index contributed by atoms with van der Waals surface area (Å²) in [5.74, 6) is 1.16. The molecule has 1 saturated heterocycles. The van der Waals surface area contributed by atoms with Crippen molar-refractivity contribution in [2.45, 2.75) is 59.7 Å². The van der Waals surface area contributed by atoms with Crippen LogP contribution in [0.2, 0.25) is 0 Å². The Morgan fingerprint density at radius 2 is 1.88 bits per heavy atom. The number of carbonyl (C=O) groups is 2. The fourth-order valence-corrected chi connectivity index (χ4v) is 4.00. The number of carbonyl (C=O) groups excluding carboxylic acids is 2. The van der Waals surface area contributed by atoms with Crippen LogP contribution in [0.1, 0.15) is 47.5 Å². The maximum absolute atomic E-state index is 12.3. The third-order valence-electron chi connectivity index (χ3n) is 6.53. The second-order valence-corrected chi connectivity index (χ2v) is 8.96. The molecule has 5 atom stereocenters. The number of rotatable bonds is 4. The van der Waals surface area contributed by atoms with Crippen LogP contribution in [0, 0.1) is 28.6 Å². The van der Waals surface area contributed by atoms with Crippen molar-refractivity contribution >= 4 is 11.9 Å². The number of esters is 2. The molecule has 3 aliphatic rings. The third kappa shape index (κ3) is 2.62. The van der Waals surface area contributed by atoms with Gasteiger partial charge in [0.15, 0.2) is 6.61 Å². The maximum Gasteiger partial charge on any atom is 0.344 e. The maximum atomic E-state index is 12.3. The van der Waals surface area contributed by atoms with Crippen LogP contribution in [0.25, 0.3) is 0 Å². The van der Waals surface area contributed by atoms with Crippen molar-refractivity contribution in [2.24, 2.45) is 28.6 Å². The Hall–Kier alpha value is -1.52. The first-order chi connectivity index (χ1) is 11.0. The number of hydrogen-bond acceptors (Lipinski definition) is 5. The lowest BCUT2D eigenvalue weighted by Crippen LogP contribution is -2.41. The van der Waals surface area contributed by atoms with Gasteiger partial charge in [0.1, 0.15) is 12.2 Å². The Labute approximate surface area is 143 Å². The summed E-state index contributed by atoms with van der Waals surface area (Å²) < 4.78 is 16.6. The highest BCUT2D eigenvalue weighted by atomic mass is 16.6. The standard InChI is InChI=1S/C19H28O5/c1-10-12-7-11-8-13(12)16(23-10)15(11)24-14(20)9-22-17(21)19(5,6)18(2,3)4/h11-13,15-16H,1,7-9H2,2-6H3. The molecule has 0 aromatic rings. The van der Waals surface area contributed by atoms with E-state index >= 15 is 0 Å². The molecule has 5 unspecified atom stereocenters. The third-order valence-corrected chi connectivity index (χ3v) is 6.53. The van der Waals surface area contributed by atoms with Crippen LogP contribution in [-0.4, -0.2) is 30.8 Å². The van der Waals surface area contributed by atoms with Gasteiger partial charge in [-0.05, 0) is 32.1 Å². The molecular weight excluding hydrogens is 308 g/mol. The van der Waals surface area contributed by atoms with Crippen molar-refractivity contribution < 1.29 is 23.8 Å². The quantitative estimate of drug-likeness (QED) is 0.738. The lowest BCUT2D eigenvalue weighted by atomic mass is 9.69. The van der Waals surface area contributed by atoms with Crippen molar-refractivity contribution in [1.82, 2.24) is 0 Å². The van der Waals surface area contributed by atoms with E-state index in [9.17, 15) is 9.59 Å². The van der Waals surface area contributed by atoms with Crippen LogP contribution in [-0.2, 0) is 23.8 Å². The summed E-state index contributed by atoms with van der Waals surface area (Å²) in [6, 6.07) is 0. The minimum Gasteiger partial charge on any atom is -0.491 e. The monoisotopic (exact) mass is 336 g/mol. The smallest absolute Gasteiger partial charge is 0.344 e. The Morgan fingerprint density at radius 1 is 1.21 bits per heavy atom. The van der Waals surface area contributed by atoms with Gasteiger partial charge in [0.25, 0.3) is 0 Å². The molecule has 0 spiro atoms. The molecule has 0 radical (unpaired) electrons. The lowest BCUT2D eigenvalue weighted by molar-refractivity contribution is -0.174. The van der Waals surface area contributed by atoms with Crippen molar-refractivity contribution in [2.75, 3.05) is 6.61 Å². The SMILES string of the molecule is C=C1OC2C3CC(CC13)C2OC(=O)COC(=O)C(C)(C)C(C)(C)C. The molecule has 2 aliphatic carbocycles. The van der Waals surface area contributed by atoms with Gasteiger partial charge in [0.05, 0.1) is 11.2 Å². The van der Waals surface area contributed by atoms with Gasteiger partial charge in [0, 0.05) is 17.8 Å². The fraction of sp³-hybridized carbons (Fsp3) is 0.789. The number of fused-ring (bicyclic) bond motifs is 1. The predicted molar refractivity (Wildman–Crippen MR) is 87.8 cm³/mol. The van der Waals surface area contributed by atoms with Crippen molar-refractivity contribution in [3.05, 3.63) is 12.3 Å². The molecule has 0 amide bonds. The van der Waals surface area contributed by atoms with Crippen LogP contribution in [0.4, 0.5) is 0 Å². The molecule has 0 N–H and O–H groups in total. The first-order valence-electron chi connectivity index (χ1n) is 8.74. The lowest BCUT2D eigenvalue weighted by Gasteiger charge is -2.36. The molecule has 0 aromatic carbocycles. The van der Waals surface area contributed by atoms with Crippen LogP contribution in [0.5, 0.6) is 0 Å². The van der Waals surface area contributed by atoms with E-state index in [1.54, 1.807) is 0 Å². The molecule has 1 heterocycles. The molecule has 5 heteroatoms. The van der Waals surface area contributed by atoms with Crippen LogP contribution < -0.4 is 0 Å². The summed E-state index contributed by atoms with van der Waals surface area (Å²) in [4.78, 5) is 24.4. The zero-order valence-electron chi connectivity index (χ0n) is 15.3. The topological polar surface area (TPSA) is 61.8 Å². The summed E-state index contributed by atoms with van der Waals surface area (Å²) >= 11 is 0. The van der Waals surface area contributed by atoms with E-state index in [1.165, 1.54) is 0 Å². The number of ether oxygens (including phenoxy) is 3. The number of hydrogen-bond donors (Lipinski definition) is 0. The summed E-state index contributed by atoms with van der Waals surface area (Å²) in [5, 5.41) is 0. The van der Waals surface area contributed by atoms with Crippen molar-refractivity contribution in [3.8, 4) is 0 Å². The molecule has 2 saturated carbocycles. The second kappa shape index (κ2) is 5.50. The molecule has 0 aromatic heterocycles. The second-order valence-electron chi connectivity index (χ2n) is 8.96. The normalized spacial score (nSPS) is 34.2. The Bertz CT molecular complexity index is 571. The van der Waals surface area contributed by atoms with Gasteiger partial charge < -0.3 is 14.2 Å². The first-order valence-corrected chi connectivity index (χ1v) is 8.74. The van der Waals surface area contributed by atoms with Gasteiger partial charge in [0.2, 0.25) is 0 Å². The summed E-state index contributed by atoms with van der Waals surface area (Å²) in [7, 11) is 0.